The molecule has 0 bridgehead atoms. The van der Waals surface area contributed by atoms with Crippen LogP contribution in [0.4, 0.5) is 5.82 Å². The first-order chi connectivity index (χ1) is 13.2. The number of pyridine rings is 1. The Labute approximate surface area is 169 Å². The molecule has 1 fully saturated rings. The predicted octanol–water partition coefficient (Wildman–Crippen LogP) is 6.83. The Hall–Kier alpha value is -1.91. The van der Waals surface area contributed by atoms with Crippen molar-refractivity contribution < 1.29 is 0 Å². The standard InChI is InChI=1S/C22H24ClN3S/c1-2-20-26-21(15-7-6-8-17(23)13-15)22(27-20)16-11-12-24-19(14-16)25-18-9-4-3-5-10-18/h6-8,11-14,18H,2-5,9-10H2,1H3,(H,24,25). The molecule has 1 saturated carbocycles. The van der Waals surface area contributed by atoms with Crippen molar-refractivity contribution in [2.24, 2.45) is 0 Å². The van der Waals surface area contributed by atoms with Crippen LogP contribution in [0, 0.1) is 0 Å². The van der Waals surface area contributed by atoms with Gasteiger partial charge in [0, 0.05) is 22.8 Å². The van der Waals surface area contributed by atoms with Crippen molar-refractivity contribution in [2.45, 2.75) is 51.5 Å². The minimum atomic E-state index is 0.543. The van der Waals surface area contributed by atoms with Crippen LogP contribution in [0.1, 0.15) is 44.0 Å². The Kier molecular flexibility index (Phi) is 5.74. The third-order valence-electron chi connectivity index (χ3n) is 5.05. The van der Waals surface area contributed by atoms with Crippen LogP contribution in [0.2, 0.25) is 5.02 Å². The molecule has 27 heavy (non-hydrogen) atoms. The second-order valence-corrected chi connectivity index (χ2v) is 8.58. The van der Waals surface area contributed by atoms with E-state index >= 15 is 0 Å². The average Bonchev–Trinajstić information content (AvgIpc) is 3.14. The Morgan fingerprint density at radius 2 is 1.96 bits per heavy atom. The van der Waals surface area contributed by atoms with E-state index in [4.69, 9.17) is 16.6 Å². The lowest BCUT2D eigenvalue weighted by atomic mass is 9.95. The van der Waals surface area contributed by atoms with Crippen molar-refractivity contribution in [2.75, 3.05) is 5.32 Å². The average molecular weight is 398 g/mol. The van der Waals surface area contributed by atoms with Gasteiger partial charge in [0.1, 0.15) is 5.82 Å². The molecule has 4 rings (SSSR count). The normalized spacial score (nSPS) is 15.0. The Bertz CT molecular complexity index is 915. The summed E-state index contributed by atoms with van der Waals surface area (Å²) in [7, 11) is 0. The molecule has 1 aromatic carbocycles. The highest BCUT2D eigenvalue weighted by molar-refractivity contribution is 7.15. The molecule has 0 unspecified atom stereocenters. The van der Waals surface area contributed by atoms with E-state index in [1.54, 1.807) is 11.3 Å². The lowest BCUT2D eigenvalue weighted by Crippen LogP contribution is -2.22. The number of benzene rings is 1. The molecule has 2 aromatic heterocycles. The maximum atomic E-state index is 6.22. The Morgan fingerprint density at radius 1 is 1.11 bits per heavy atom. The van der Waals surface area contributed by atoms with Crippen LogP contribution in [0.3, 0.4) is 0 Å². The van der Waals surface area contributed by atoms with Crippen LogP contribution in [-0.2, 0) is 6.42 Å². The van der Waals surface area contributed by atoms with Gasteiger partial charge >= 0.3 is 0 Å². The molecule has 0 atom stereocenters. The van der Waals surface area contributed by atoms with Crippen LogP contribution in [0.25, 0.3) is 21.7 Å². The molecule has 1 aliphatic rings. The third kappa shape index (κ3) is 4.33. The molecule has 1 N–H and O–H groups in total. The van der Waals surface area contributed by atoms with Gasteiger partial charge < -0.3 is 5.32 Å². The van der Waals surface area contributed by atoms with E-state index in [1.165, 1.54) is 37.0 Å². The predicted molar refractivity (Wildman–Crippen MR) is 116 cm³/mol. The third-order valence-corrected chi connectivity index (χ3v) is 6.54. The van der Waals surface area contributed by atoms with Crippen molar-refractivity contribution in [3.63, 3.8) is 0 Å². The van der Waals surface area contributed by atoms with Gasteiger partial charge in [-0.2, -0.15) is 0 Å². The molecule has 0 amide bonds. The largest absolute Gasteiger partial charge is 0.367 e. The van der Waals surface area contributed by atoms with Gasteiger partial charge in [-0.25, -0.2) is 9.97 Å². The fourth-order valence-corrected chi connectivity index (χ4v) is 4.86. The van der Waals surface area contributed by atoms with Crippen molar-refractivity contribution in [3.05, 3.63) is 52.6 Å². The van der Waals surface area contributed by atoms with E-state index in [1.807, 2.05) is 24.4 Å². The molecule has 0 radical (unpaired) electrons. The fraction of sp³-hybridized carbons (Fsp3) is 0.364. The first kappa shape index (κ1) is 18.5. The maximum absolute atomic E-state index is 6.22. The summed E-state index contributed by atoms with van der Waals surface area (Å²) in [6, 6.07) is 12.7. The van der Waals surface area contributed by atoms with Crippen LogP contribution in [0.5, 0.6) is 0 Å². The van der Waals surface area contributed by atoms with Gasteiger partial charge in [0.2, 0.25) is 0 Å². The quantitative estimate of drug-likeness (QED) is 0.512. The van der Waals surface area contributed by atoms with Crippen LogP contribution < -0.4 is 5.32 Å². The van der Waals surface area contributed by atoms with Crippen LogP contribution in [-0.4, -0.2) is 16.0 Å². The maximum Gasteiger partial charge on any atom is 0.126 e. The van der Waals surface area contributed by atoms with Crippen molar-refractivity contribution in [1.29, 1.82) is 0 Å². The highest BCUT2D eigenvalue weighted by atomic mass is 35.5. The molecule has 5 heteroatoms. The molecule has 140 valence electrons. The molecular weight excluding hydrogens is 374 g/mol. The molecule has 3 aromatic rings. The summed E-state index contributed by atoms with van der Waals surface area (Å²) in [6.07, 6.45) is 9.27. The summed E-state index contributed by atoms with van der Waals surface area (Å²) in [5.41, 5.74) is 3.23. The molecule has 2 heterocycles. The Morgan fingerprint density at radius 3 is 2.74 bits per heavy atom. The second-order valence-electron chi connectivity index (χ2n) is 7.06. The topological polar surface area (TPSA) is 37.8 Å². The van der Waals surface area contributed by atoms with Gasteiger partial charge in [-0.1, -0.05) is 49.9 Å². The number of nitrogens with zero attached hydrogens (tertiary/aromatic N) is 2. The molecule has 1 aliphatic carbocycles. The zero-order valence-corrected chi connectivity index (χ0v) is 17.1. The van der Waals surface area contributed by atoms with Gasteiger partial charge in [-0.3, -0.25) is 0 Å². The molecular formula is C22H24ClN3S. The summed E-state index contributed by atoms with van der Waals surface area (Å²) >= 11 is 7.98. The van der Waals surface area contributed by atoms with E-state index < -0.39 is 0 Å². The monoisotopic (exact) mass is 397 g/mol. The number of hydrogen-bond donors (Lipinski definition) is 1. The molecule has 3 nitrogen and oxygen atoms in total. The number of rotatable bonds is 5. The second kappa shape index (κ2) is 8.41. The van der Waals surface area contributed by atoms with Gasteiger partial charge in [0.15, 0.2) is 0 Å². The van der Waals surface area contributed by atoms with Crippen molar-refractivity contribution in [3.8, 4) is 21.7 Å². The number of hydrogen-bond acceptors (Lipinski definition) is 4. The van der Waals surface area contributed by atoms with E-state index in [0.717, 1.165) is 39.1 Å². The number of anilines is 1. The zero-order chi connectivity index (χ0) is 18.6. The zero-order valence-electron chi connectivity index (χ0n) is 15.5. The summed E-state index contributed by atoms with van der Waals surface area (Å²) in [4.78, 5) is 10.6. The van der Waals surface area contributed by atoms with Gasteiger partial charge in [0.25, 0.3) is 0 Å². The van der Waals surface area contributed by atoms with E-state index in [2.05, 4.69) is 35.4 Å². The molecule has 0 aliphatic heterocycles. The lowest BCUT2D eigenvalue weighted by Gasteiger charge is -2.23. The van der Waals surface area contributed by atoms with Crippen LogP contribution >= 0.6 is 22.9 Å². The number of thiazole rings is 1. The van der Waals surface area contributed by atoms with E-state index in [-0.39, 0.29) is 0 Å². The van der Waals surface area contributed by atoms with E-state index in [9.17, 15) is 0 Å². The summed E-state index contributed by atoms with van der Waals surface area (Å²) in [5.74, 6) is 0.961. The minimum absolute atomic E-state index is 0.543. The molecule has 0 spiro atoms. The fourth-order valence-electron chi connectivity index (χ4n) is 3.65. The number of halogens is 1. The van der Waals surface area contributed by atoms with Crippen molar-refractivity contribution in [1.82, 2.24) is 9.97 Å². The first-order valence-corrected chi connectivity index (χ1v) is 10.9. The molecule has 0 saturated heterocycles. The van der Waals surface area contributed by atoms with E-state index in [0.29, 0.717) is 6.04 Å². The van der Waals surface area contributed by atoms with Gasteiger partial charge in [-0.05, 0) is 49.1 Å². The highest BCUT2D eigenvalue weighted by Gasteiger charge is 2.17. The number of aromatic nitrogens is 2. The van der Waals surface area contributed by atoms with Gasteiger partial charge in [0.05, 0.1) is 15.6 Å². The SMILES string of the molecule is CCc1nc(-c2cccc(Cl)c2)c(-c2ccnc(NC3CCCCC3)c2)s1. The highest BCUT2D eigenvalue weighted by Crippen LogP contribution is 2.38. The summed E-state index contributed by atoms with van der Waals surface area (Å²) in [5, 5.41) is 5.50. The number of aryl methyl sites for hydroxylation is 1. The first-order valence-electron chi connectivity index (χ1n) is 9.71. The van der Waals surface area contributed by atoms with Crippen molar-refractivity contribution >= 4 is 28.8 Å². The van der Waals surface area contributed by atoms with Gasteiger partial charge in [-0.15, -0.1) is 11.3 Å². The van der Waals surface area contributed by atoms with Crippen LogP contribution in [0.15, 0.2) is 42.6 Å². The minimum Gasteiger partial charge on any atom is -0.367 e. The summed E-state index contributed by atoms with van der Waals surface area (Å²) in [6.45, 7) is 2.15. The lowest BCUT2D eigenvalue weighted by molar-refractivity contribution is 0.462. The number of nitrogens with one attached hydrogen (secondary N) is 1. The summed E-state index contributed by atoms with van der Waals surface area (Å²) < 4.78 is 0. The Balaban J connectivity index is 1.68. The smallest absolute Gasteiger partial charge is 0.126 e.